The molecule has 0 fully saturated rings. The van der Waals surface area contributed by atoms with Gasteiger partial charge in [-0.15, -0.1) is 0 Å². The average molecular weight is 304 g/mol. The van der Waals surface area contributed by atoms with Crippen LogP contribution in [0.15, 0.2) is 47.2 Å². The van der Waals surface area contributed by atoms with Crippen LogP contribution in [-0.2, 0) is 0 Å². The Bertz CT molecular complexity index is 708. The second-order valence-electron chi connectivity index (χ2n) is 3.91. The monoisotopic (exact) mass is 303 g/mol. The van der Waals surface area contributed by atoms with Gasteiger partial charge in [0.2, 0.25) is 5.88 Å². The van der Waals surface area contributed by atoms with Crippen LogP contribution in [-0.4, -0.2) is 14.6 Å². The maximum Gasteiger partial charge on any atom is 0.222 e. The summed E-state index contributed by atoms with van der Waals surface area (Å²) in [6.45, 7) is 2.00. The van der Waals surface area contributed by atoms with Crippen molar-refractivity contribution in [2.45, 2.75) is 6.92 Å². The molecule has 2 heterocycles. The fourth-order valence-corrected chi connectivity index (χ4v) is 1.99. The molecular weight excluding hydrogens is 294 g/mol. The number of fused-ring (bicyclic) bond motifs is 1. The normalized spacial score (nSPS) is 10.8. The molecule has 0 saturated carbocycles. The SMILES string of the molecule is Cc1ccc(Br)cc1Oc1ccn2nccc2n1. The maximum atomic E-state index is 5.79. The van der Waals surface area contributed by atoms with Crippen molar-refractivity contribution in [2.75, 3.05) is 0 Å². The second-order valence-corrected chi connectivity index (χ2v) is 4.83. The Labute approximate surface area is 112 Å². The van der Waals surface area contributed by atoms with E-state index < -0.39 is 0 Å². The van der Waals surface area contributed by atoms with Crippen LogP contribution >= 0.6 is 15.9 Å². The molecule has 0 bridgehead atoms. The van der Waals surface area contributed by atoms with E-state index in [0.717, 1.165) is 21.4 Å². The zero-order chi connectivity index (χ0) is 12.5. The van der Waals surface area contributed by atoms with Gasteiger partial charge in [-0.3, -0.25) is 0 Å². The predicted octanol–water partition coefficient (Wildman–Crippen LogP) is 3.59. The minimum atomic E-state index is 0.559. The maximum absolute atomic E-state index is 5.79. The standard InChI is InChI=1S/C13H10BrN3O/c1-9-2-3-10(14)8-11(9)18-13-5-7-17-12(16-13)4-6-15-17/h2-8H,1H3. The summed E-state index contributed by atoms with van der Waals surface area (Å²) >= 11 is 3.43. The summed E-state index contributed by atoms with van der Waals surface area (Å²) in [5.41, 5.74) is 1.83. The quantitative estimate of drug-likeness (QED) is 0.726. The second kappa shape index (κ2) is 4.42. The number of nitrogens with zero attached hydrogens (tertiary/aromatic N) is 3. The minimum absolute atomic E-state index is 0.559. The van der Waals surface area contributed by atoms with E-state index >= 15 is 0 Å². The van der Waals surface area contributed by atoms with Crippen LogP contribution in [0.3, 0.4) is 0 Å². The molecule has 0 radical (unpaired) electrons. The van der Waals surface area contributed by atoms with Crippen LogP contribution in [0.25, 0.3) is 5.65 Å². The van der Waals surface area contributed by atoms with Gasteiger partial charge in [-0.2, -0.15) is 10.1 Å². The van der Waals surface area contributed by atoms with Crippen molar-refractivity contribution < 1.29 is 4.74 Å². The fraction of sp³-hybridized carbons (Fsp3) is 0.0769. The van der Waals surface area contributed by atoms with Crippen LogP contribution in [0, 0.1) is 6.92 Å². The van der Waals surface area contributed by atoms with Crippen LogP contribution in [0.5, 0.6) is 11.6 Å². The first-order valence-corrected chi connectivity index (χ1v) is 6.26. The molecule has 4 nitrogen and oxygen atoms in total. The summed E-state index contributed by atoms with van der Waals surface area (Å²) in [6.07, 6.45) is 3.53. The smallest absolute Gasteiger partial charge is 0.222 e. The molecule has 3 rings (SSSR count). The molecule has 5 heteroatoms. The summed E-state index contributed by atoms with van der Waals surface area (Å²) in [7, 11) is 0. The lowest BCUT2D eigenvalue weighted by Crippen LogP contribution is -1.94. The first-order valence-electron chi connectivity index (χ1n) is 5.47. The zero-order valence-electron chi connectivity index (χ0n) is 9.67. The molecule has 0 saturated heterocycles. The summed E-state index contributed by atoms with van der Waals surface area (Å²) in [5, 5.41) is 4.09. The van der Waals surface area contributed by atoms with Gasteiger partial charge >= 0.3 is 0 Å². The Balaban J connectivity index is 1.97. The van der Waals surface area contributed by atoms with Gasteiger partial charge < -0.3 is 4.74 Å². The lowest BCUT2D eigenvalue weighted by molar-refractivity contribution is 0.459. The van der Waals surface area contributed by atoms with Crippen LogP contribution in [0.2, 0.25) is 0 Å². The van der Waals surface area contributed by atoms with Gasteiger partial charge in [-0.05, 0) is 24.6 Å². The average Bonchev–Trinajstić information content (AvgIpc) is 2.81. The van der Waals surface area contributed by atoms with Gasteiger partial charge in [0.05, 0.1) is 6.20 Å². The van der Waals surface area contributed by atoms with Gasteiger partial charge in [-0.1, -0.05) is 22.0 Å². The van der Waals surface area contributed by atoms with E-state index in [-0.39, 0.29) is 0 Å². The third-order valence-corrected chi connectivity index (χ3v) is 3.09. The third kappa shape index (κ3) is 2.09. The highest BCUT2D eigenvalue weighted by Gasteiger charge is 2.04. The van der Waals surface area contributed by atoms with E-state index in [9.17, 15) is 0 Å². The zero-order valence-corrected chi connectivity index (χ0v) is 11.3. The molecule has 3 aromatic rings. The minimum Gasteiger partial charge on any atom is -0.439 e. The number of hydrogen-bond acceptors (Lipinski definition) is 3. The van der Waals surface area contributed by atoms with Gasteiger partial charge in [-0.25, -0.2) is 4.52 Å². The van der Waals surface area contributed by atoms with Crippen molar-refractivity contribution in [1.82, 2.24) is 14.6 Å². The number of hydrogen-bond donors (Lipinski definition) is 0. The molecule has 0 atom stereocenters. The van der Waals surface area contributed by atoms with Crippen molar-refractivity contribution in [1.29, 1.82) is 0 Å². The topological polar surface area (TPSA) is 39.4 Å². The van der Waals surface area contributed by atoms with Crippen molar-refractivity contribution in [2.24, 2.45) is 0 Å². The third-order valence-electron chi connectivity index (χ3n) is 2.60. The first-order chi connectivity index (χ1) is 8.72. The highest BCUT2D eigenvalue weighted by Crippen LogP contribution is 2.27. The van der Waals surface area contributed by atoms with Gasteiger partial charge in [0.15, 0.2) is 5.65 Å². The Kier molecular flexibility index (Phi) is 2.76. The van der Waals surface area contributed by atoms with Crippen molar-refractivity contribution in [3.63, 3.8) is 0 Å². The molecule has 90 valence electrons. The number of ether oxygens (including phenoxy) is 1. The largest absolute Gasteiger partial charge is 0.439 e. The molecule has 0 unspecified atom stereocenters. The van der Waals surface area contributed by atoms with Crippen LogP contribution in [0.1, 0.15) is 5.56 Å². The molecule has 18 heavy (non-hydrogen) atoms. The molecule has 1 aromatic carbocycles. The molecule has 0 spiro atoms. The van der Waals surface area contributed by atoms with Crippen LogP contribution in [0.4, 0.5) is 0 Å². The van der Waals surface area contributed by atoms with E-state index in [4.69, 9.17) is 4.74 Å². The summed E-state index contributed by atoms with van der Waals surface area (Å²) in [6, 6.07) is 9.53. The Hall–Kier alpha value is -1.88. The molecule has 0 amide bonds. The first kappa shape index (κ1) is 11.2. The predicted molar refractivity (Wildman–Crippen MR) is 71.9 cm³/mol. The van der Waals surface area contributed by atoms with E-state index in [0.29, 0.717) is 5.88 Å². The van der Waals surface area contributed by atoms with Crippen molar-refractivity contribution in [3.05, 3.63) is 52.8 Å². The van der Waals surface area contributed by atoms with E-state index in [1.54, 1.807) is 16.8 Å². The lowest BCUT2D eigenvalue weighted by Gasteiger charge is -2.08. The Morgan fingerprint density at radius 2 is 2.11 bits per heavy atom. The summed E-state index contributed by atoms with van der Waals surface area (Å²) in [4.78, 5) is 4.36. The van der Waals surface area contributed by atoms with E-state index in [1.165, 1.54) is 0 Å². The van der Waals surface area contributed by atoms with Crippen molar-refractivity contribution >= 4 is 21.6 Å². The highest BCUT2D eigenvalue weighted by molar-refractivity contribution is 9.10. The van der Waals surface area contributed by atoms with Gasteiger partial charge in [0.25, 0.3) is 0 Å². The van der Waals surface area contributed by atoms with E-state index in [1.807, 2.05) is 37.4 Å². The number of benzene rings is 1. The number of aromatic nitrogens is 3. The van der Waals surface area contributed by atoms with E-state index in [2.05, 4.69) is 26.0 Å². The number of rotatable bonds is 2. The molecule has 0 aliphatic carbocycles. The number of halogens is 1. The van der Waals surface area contributed by atoms with Gasteiger partial charge in [0.1, 0.15) is 5.75 Å². The Morgan fingerprint density at radius 1 is 1.22 bits per heavy atom. The molecule has 0 aliphatic heterocycles. The summed E-state index contributed by atoms with van der Waals surface area (Å²) in [5.74, 6) is 1.35. The van der Waals surface area contributed by atoms with Gasteiger partial charge in [0, 0.05) is 22.8 Å². The number of aryl methyl sites for hydroxylation is 1. The molecule has 0 N–H and O–H groups in total. The summed E-state index contributed by atoms with van der Waals surface area (Å²) < 4.78 is 8.46. The highest BCUT2D eigenvalue weighted by atomic mass is 79.9. The van der Waals surface area contributed by atoms with Crippen molar-refractivity contribution in [3.8, 4) is 11.6 Å². The fourth-order valence-electron chi connectivity index (χ4n) is 1.65. The molecule has 2 aromatic heterocycles. The Morgan fingerprint density at radius 3 is 3.00 bits per heavy atom. The molecular formula is C13H10BrN3O. The van der Waals surface area contributed by atoms with Crippen LogP contribution < -0.4 is 4.74 Å². The molecule has 0 aliphatic rings. The lowest BCUT2D eigenvalue weighted by atomic mass is 10.2.